The van der Waals surface area contributed by atoms with Gasteiger partial charge in [0.15, 0.2) is 6.04 Å². The number of esters is 1. The molecule has 0 aliphatic heterocycles. The van der Waals surface area contributed by atoms with E-state index in [2.05, 4.69) is 0 Å². The molecule has 2 aromatic rings. The van der Waals surface area contributed by atoms with Gasteiger partial charge in [-0.1, -0.05) is 36.4 Å². The van der Waals surface area contributed by atoms with E-state index < -0.39 is 19.8 Å². The van der Waals surface area contributed by atoms with Crippen molar-refractivity contribution >= 4 is 30.3 Å². The third-order valence-electron chi connectivity index (χ3n) is 3.24. The molecule has 2 aromatic carbocycles. The molecule has 7 nitrogen and oxygen atoms in total. The molecule has 0 bridgehead atoms. The molecule has 0 spiro atoms. The molecule has 0 saturated carbocycles. The van der Waals surface area contributed by atoms with Gasteiger partial charge in [-0.25, -0.2) is 14.4 Å². The summed E-state index contributed by atoms with van der Waals surface area (Å²) >= 11 is 0. The minimum Gasteiger partial charge on any atom is -0.461 e. The van der Waals surface area contributed by atoms with Crippen LogP contribution >= 0.6 is 7.82 Å². The van der Waals surface area contributed by atoms with Crippen molar-refractivity contribution < 1.29 is 28.5 Å². The summed E-state index contributed by atoms with van der Waals surface area (Å²) in [5.74, 6) is -0.647. The lowest BCUT2D eigenvalue weighted by molar-refractivity contribution is -0.149. The van der Waals surface area contributed by atoms with Gasteiger partial charge < -0.3 is 14.5 Å². The second kappa shape index (κ2) is 7.32. The normalized spacial score (nSPS) is 13.1. The molecule has 24 heavy (non-hydrogen) atoms. The minimum absolute atomic E-state index is 0.357. The van der Waals surface area contributed by atoms with E-state index in [1.165, 1.54) is 6.92 Å². The number of phosphoric acid groups is 1. The van der Waals surface area contributed by atoms with Crippen molar-refractivity contribution in [2.24, 2.45) is 0 Å². The molecule has 0 aromatic heterocycles. The van der Waals surface area contributed by atoms with Crippen molar-refractivity contribution in [3.8, 4) is 0 Å². The Bertz CT molecular complexity index is 767. The number of rotatable bonds is 6. The zero-order valence-corrected chi connectivity index (χ0v) is 14.5. The maximum Gasteiger partial charge on any atom is 0.491 e. The van der Waals surface area contributed by atoms with E-state index in [9.17, 15) is 19.1 Å². The number of nitrogens with zero attached hydrogens (tertiary/aromatic N) is 1. The third kappa shape index (κ3) is 4.55. The summed E-state index contributed by atoms with van der Waals surface area (Å²) in [6.07, 6.45) is -0.357. The zero-order valence-electron chi connectivity index (χ0n) is 13.6. The van der Waals surface area contributed by atoms with E-state index in [-0.39, 0.29) is 6.10 Å². The number of hydrogen-bond acceptors (Lipinski definition) is 5. The highest BCUT2D eigenvalue weighted by Crippen LogP contribution is 2.41. The van der Waals surface area contributed by atoms with Gasteiger partial charge in [0, 0.05) is 5.39 Å². The fourth-order valence-electron chi connectivity index (χ4n) is 2.26. The van der Waals surface area contributed by atoms with Gasteiger partial charge in [0.1, 0.15) is 0 Å². The topological polar surface area (TPSA) is 96.3 Å². The molecular weight excluding hydrogens is 333 g/mol. The first-order valence-electron chi connectivity index (χ1n) is 7.42. The Morgan fingerprint density at radius 3 is 2.33 bits per heavy atom. The van der Waals surface area contributed by atoms with Crippen molar-refractivity contribution in [3.05, 3.63) is 42.5 Å². The quantitative estimate of drug-likeness (QED) is 0.468. The lowest BCUT2D eigenvalue weighted by atomic mass is 10.1. The van der Waals surface area contributed by atoms with Gasteiger partial charge in [-0.2, -0.15) is 4.62 Å². The first kappa shape index (κ1) is 18.4. The van der Waals surface area contributed by atoms with Gasteiger partial charge >= 0.3 is 13.8 Å². The first-order valence-corrected chi connectivity index (χ1v) is 8.95. The Morgan fingerprint density at radius 1 is 1.08 bits per heavy atom. The molecule has 2 N–H and O–H groups in total. The molecule has 130 valence electrons. The van der Waals surface area contributed by atoms with Crippen LogP contribution in [-0.4, -0.2) is 27.9 Å². The van der Waals surface area contributed by atoms with E-state index in [0.717, 1.165) is 10.4 Å². The summed E-state index contributed by atoms with van der Waals surface area (Å²) < 4.78 is 21.3. The van der Waals surface area contributed by atoms with Crippen molar-refractivity contribution in [2.45, 2.75) is 32.9 Å². The molecule has 0 unspecified atom stereocenters. The predicted octanol–water partition coefficient (Wildman–Crippen LogP) is 3.01. The van der Waals surface area contributed by atoms with E-state index in [4.69, 9.17) is 9.36 Å². The Labute approximate surface area is 140 Å². The number of hydrogen-bond donors (Lipinski definition) is 2. The summed E-state index contributed by atoms with van der Waals surface area (Å²) in [6.45, 7) is 4.84. The number of carbonyl (C=O) groups excluding carboxylic acids is 1. The number of carbonyl (C=O) groups is 1. The maximum atomic E-state index is 12.2. The summed E-state index contributed by atoms with van der Waals surface area (Å²) in [5.41, 5.74) is 0.365. The van der Waals surface area contributed by atoms with E-state index >= 15 is 0 Å². The van der Waals surface area contributed by atoms with Crippen LogP contribution in [-0.2, 0) is 18.7 Å². The first-order chi connectivity index (χ1) is 11.2. The van der Waals surface area contributed by atoms with Crippen LogP contribution < -0.4 is 5.06 Å². The standard InChI is InChI=1S/C16H20NO6P/c1-11(2)22-16(18)12(3)17(23-24(19,20)21)15-10-6-8-13-7-4-5-9-14(13)15/h4-12H,1-3H3,(H2,19,20,21)/t12-/m0/s1. The highest BCUT2D eigenvalue weighted by Gasteiger charge is 2.31. The smallest absolute Gasteiger partial charge is 0.461 e. The molecule has 1 atom stereocenters. The number of hydroxylamine groups is 1. The molecule has 0 saturated heterocycles. The summed E-state index contributed by atoms with van der Waals surface area (Å²) in [7, 11) is -4.87. The zero-order chi connectivity index (χ0) is 17.9. The van der Waals surface area contributed by atoms with Gasteiger partial charge in [0.25, 0.3) is 0 Å². The molecular formula is C16H20NO6P. The van der Waals surface area contributed by atoms with E-state index in [1.54, 1.807) is 38.1 Å². The Hall–Kier alpha value is -1.92. The van der Waals surface area contributed by atoms with E-state index in [0.29, 0.717) is 11.1 Å². The fraction of sp³-hybridized carbons (Fsp3) is 0.312. The van der Waals surface area contributed by atoms with Crippen LogP contribution in [0.15, 0.2) is 42.5 Å². The van der Waals surface area contributed by atoms with Crippen LogP contribution in [0.25, 0.3) is 10.8 Å². The van der Waals surface area contributed by atoms with Crippen LogP contribution in [0.3, 0.4) is 0 Å². The Balaban J connectivity index is 2.49. The largest absolute Gasteiger partial charge is 0.491 e. The molecule has 0 heterocycles. The molecule has 8 heteroatoms. The van der Waals surface area contributed by atoms with Crippen molar-refractivity contribution in [1.29, 1.82) is 0 Å². The molecule has 0 aliphatic rings. The molecule has 2 rings (SSSR count). The highest BCUT2D eigenvalue weighted by molar-refractivity contribution is 7.46. The third-order valence-corrected chi connectivity index (χ3v) is 3.63. The molecule has 0 amide bonds. The van der Waals surface area contributed by atoms with Crippen LogP contribution in [0, 0.1) is 0 Å². The summed E-state index contributed by atoms with van der Waals surface area (Å²) in [5, 5.41) is 2.45. The van der Waals surface area contributed by atoms with Gasteiger partial charge in [-0.15, -0.1) is 0 Å². The Kier molecular flexibility index (Phi) is 5.62. The van der Waals surface area contributed by atoms with Gasteiger partial charge in [0.2, 0.25) is 0 Å². The fourth-order valence-corrected chi connectivity index (χ4v) is 2.72. The Morgan fingerprint density at radius 2 is 1.71 bits per heavy atom. The number of fused-ring (bicyclic) bond motifs is 1. The molecule has 0 fully saturated rings. The van der Waals surface area contributed by atoms with Gasteiger partial charge in [-0.05, 0) is 32.2 Å². The van der Waals surface area contributed by atoms with Crippen molar-refractivity contribution in [3.63, 3.8) is 0 Å². The van der Waals surface area contributed by atoms with E-state index in [1.807, 2.05) is 18.2 Å². The number of benzene rings is 2. The predicted molar refractivity (Wildman–Crippen MR) is 90.2 cm³/mol. The molecule has 0 aliphatic carbocycles. The average molecular weight is 353 g/mol. The highest BCUT2D eigenvalue weighted by atomic mass is 31.2. The van der Waals surface area contributed by atoms with Crippen LogP contribution in [0.1, 0.15) is 20.8 Å². The van der Waals surface area contributed by atoms with Crippen LogP contribution in [0.4, 0.5) is 5.69 Å². The lowest BCUT2D eigenvalue weighted by Gasteiger charge is -2.29. The number of ether oxygens (including phenoxy) is 1. The van der Waals surface area contributed by atoms with Gasteiger partial charge in [-0.3, -0.25) is 0 Å². The monoisotopic (exact) mass is 353 g/mol. The summed E-state index contributed by atoms with van der Waals surface area (Å²) in [4.78, 5) is 30.7. The van der Waals surface area contributed by atoms with Crippen LogP contribution in [0.2, 0.25) is 0 Å². The lowest BCUT2D eigenvalue weighted by Crippen LogP contribution is -2.40. The van der Waals surface area contributed by atoms with Crippen LogP contribution in [0.5, 0.6) is 0 Å². The second-order valence-electron chi connectivity index (χ2n) is 5.56. The van der Waals surface area contributed by atoms with Crippen molar-refractivity contribution in [1.82, 2.24) is 0 Å². The van der Waals surface area contributed by atoms with Gasteiger partial charge in [0.05, 0.1) is 11.8 Å². The number of anilines is 1. The SMILES string of the molecule is CC(C)OC(=O)[C@H](C)N(OP(=O)(O)O)c1cccc2ccccc12. The minimum atomic E-state index is -4.87. The summed E-state index contributed by atoms with van der Waals surface area (Å²) in [6, 6.07) is 11.4. The second-order valence-corrected chi connectivity index (χ2v) is 6.70. The molecule has 0 radical (unpaired) electrons. The van der Waals surface area contributed by atoms with Crippen molar-refractivity contribution in [2.75, 3.05) is 5.06 Å². The average Bonchev–Trinajstić information content (AvgIpc) is 2.50. The maximum absolute atomic E-state index is 12.2.